The molecule has 2 saturated heterocycles. The standard InChI is InChI=1S/C21H32N2O3/c1-16(2)18-5-3-17(4-6-18)7-10-22-20(24)15-23-11-8-19(9-12-23)21-25-13-14-26-21/h3-6,16,19,21H,7-15H2,1-2H3,(H,22,24). The zero-order valence-electron chi connectivity index (χ0n) is 16.1. The molecule has 0 atom stereocenters. The van der Waals surface area contributed by atoms with Crippen LogP contribution in [0.5, 0.6) is 0 Å². The molecule has 0 saturated carbocycles. The highest BCUT2D eigenvalue weighted by atomic mass is 16.7. The van der Waals surface area contributed by atoms with Gasteiger partial charge >= 0.3 is 0 Å². The van der Waals surface area contributed by atoms with Gasteiger partial charge in [-0.25, -0.2) is 0 Å². The average molecular weight is 360 g/mol. The summed E-state index contributed by atoms with van der Waals surface area (Å²) in [6.45, 7) is 8.90. The van der Waals surface area contributed by atoms with Crippen molar-refractivity contribution >= 4 is 5.91 Å². The smallest absolute Gasteiger partial charge is 0.234 e. The minimum absolute atomic E-state index is 0.0203. The molecule has 5 heteroatoms. The number of likely N-dealkylation sites (tertiary alicyclic amines) is 1. The Hall–Kier alpha value is -1.43. The van der Waals surface area contributed by atoms with E-state index in [4.69, 9.17) is 9.47 Å². The van der Waals surface area contributed by atoms with Crippen LogP contribution in [0, 0.1) is 5.92 Å². The normalized spacial score (nSPS) is 20.0. The second-order valence-corrected chi connectivity index (χ2v) is 7.72. The quantitative estimate of drug-likeness (QED) is 0.812. The van der Waals surface area contributed by atoms with Gasteiger partial charge < -0.3 is 14.8 Å². The average Bonchev–Trinajstić information content (AvgIpc) is 3.17. The maximum atomic E-state index is 12.2. The summed E-state index contributed by atoms with van der Waals surface area (Å²) in [4.78, 5) is 14.4. The fourth-order valence-electron chi connectivity index (χ4n) is 3.71. The molecule has 0 spiro atoms. The highest BCUT2D eigenvalue weighted by Crippen LogP contribution is 2.25. The van der Waals surface area contributed by atoms with Gasteiger partial charge in [-0.1, -0.05) is 38.1 Å². The molecule has 0 unspecified atom stereocenters. The van der Waals surface area contributed by atoms with Crippen molar-refractivity contribution < 1.29 is 14.3 Å². The number of amides is 1. The third-order valence-corrected chi connectivity index (χ3v) is 5.41. The molecule has 2 heterocycles. The summed E-state index contributed by atoms with van der Waals surface area (Å²) >= 11 is 0. The molecule has 26 heavy (non-hydrogen) atoms. The van der Waals surface area contributed by atoms with E-state index in [1.165, 1.54) is 11.1 Å². The molecule has 144 valence electrons. The number of nitrogens with zero attached hydrogens (tertiary/aromatic N) is 1. The minimum atomic E-state index is -0.0203. The van der Waals surface area contributed by atoms with Gasteiger partial charge in [0.2, 0.25) is 5.91 Å². The molecule has 5 nitrogen and oxygen atoms in total. The summed E-state index contributed by atoms with van der Waals surface area (Å²) < 4.78 is 11.2. The molecule has 0 bridgehead atoms. The van der Waals surface area contributed by atoms with E-state index in [0.717, 1.165) is 32.4 Å². The van der Waals surface area contributed by atoms with Crippen molar-refractivity contribution in [1.29, 1.82) is 0 Å². The zero-order chi connectivity index (χ0) is 18.4. The Labute approximate surface area is 157 Å². The molecule has 0 aromatic heterocycles. The monoisotopic (exact) mass is 360 g/mol. The zero-order valence-corrected chi connectivity index (χ0v) is 16.1. The summed E-state index contributed by atoms with van der Waals surface area (Å²) in [6.07, 6.45) is 2.94. The topological polar surface area (TPSA) is 50.8 Å². The summed E-state index contributed by atoms with van der Waals surface area (Å²) in [5.41, 5.74) is 2.63. The molecule has 3 rings (SSSR count). The SMILES string of the molecule is CC(C)c1ccc(CCNC(=O)CN2CCC(C3OCCO3)CC2)cc1. The molecule has 2 aliphatic heterocycles. The summed E-state index contributed by atoms with van der Waals surface area (Å²) in [7, 11) is 0. The third-order valence-electron chi connectivity index (χ3n) is 5.41. The molecule has 1 aromatic carbocycles. The first-order chi connectivity index (χ1) is 12.6. The van der Waals surface area contributed by atoms with E-state index in [1.807, 2.05) is 0 Å². The van der Waals surface area contributed by atoms with E-state index in [2.05, 4.69) is 48.3 Å². The van der Waals surface area contributed by atoms with Gasteiger partial charge in [-0.3, -0.25) is 9.69 Å². The Kier molecular flexibility index (Phi) is 7.06. The van der Waals surface area contributed by atoms with Crippen molar-refractivity contribution in [3.63, 3.8) is 0 Å². The lowest BCUT2D eigenvalue weighted by molar-refractivity contribution is -0.123. The molecule has 0 aliphatic carbocycles. The van der Waals surface area contributed by atoms with Crippen LogP contribution in [0.4, 0.5) is 0 Å². The largest absolute Gasteiger partial charge is 0.355 e. The minimum Gasteiger partial charge on any atom is -0.355 e. The molecular weight excluding hydrogens is 328 g/mol. The second-order valence-electron chi connectivity index (χ2n) is 7.72. The number of hydrogen-bond acceptors (Lipinski definition) is 4. The highest BCUT2D eigenvalue weighted by molar-refractivity contribution is 5.78. The van der Waals surface area contributed by atoms with Crippen molar-refractivity contribution in [3.8, 4) is 0 Å². The first kappa shape index (κ1) is 19.3. The summed E-state index contributed by atoms with van der Waals surface area (Å²) in [5, 5.41) is 3.05. The Morgan fingerprint density at radius 1 is 1.15 bits per heavy atom. The van der Waals surface area contributed by atoms with Gasteiger partial charge in [0.1, 0.15) is 0 Å². The number of carbonyl (C=O) groups excluding carboxylic acids is 1. The fourth-order valence-corrected chi connectivity index (χ4v) is 3.71. The number of nitrogens with one attached hydrogen (secondary N) is 1. The van der Waals surface area contributed by atoms with Gasteiger partial charge in [0.25, 0.3) is 0 Å². The maximum absolute atomic E-state index is 12.2. The molecule has 2 aliphatic rings. The van der Waals surface area contributed by atoms with Crippen LogP contribution in [0.25, 0.3) is 0 Å². The van der Waals surface area contributed by atoms with E-state index in [1.54, 1.807) is 0 Å². The fraction of sp³-hybridized carbons (Fsp3) is 0.667. The predicted octanol–water partition coefficient (Wildman–Crippen LogP) is 2.55. The summed E-state index contributed by atoms with van der Waals surface area (Å²) in [5.74, 6) is 1.15. The van der Waals surface area contributed by atoms with Crippen LogP contribution in [-0.4, -0.2) is 56.5 Å². The number of hydrogen-bond donors (Lipinski definition) is 1. The van der Waals surface area contributed by atoms with Crippen LogP contribution >= 0.6 is 0 Å². The van der Waals surface area contributed by atoms with Gasteiger partial charge in [0, 0.05) is 12.5 Å². The molecule has 2 fully saturated rings. The number of ether oxygens (including phenoxy) is 2. The van der Waals surface area contributed by atoms with E-state index >= 15 is 0 Å². The number of rotatable bonds is 7. The van der Waals surface area contributed by atoms with Gasteiger partial charge in [-0.05, 0) is 49.4 Å². The van der Waals surface area contributed by atoms with Crippen molar-refractivity contribution in [2.45, 2.75) is 45.3 Å². The van der Waals surface area contributed by atoms with Crippen molar-refractivity contribution in [2.75, 3.05) is 39.4 Å². The van der Waals surface area contributed by atoms with Crippen molar-refractivity contribution in [2.24, 2.45) is 5.92 Å². The maximum Gasteiger partial charge on any atom is 0.234 e. The van der Waals surface area contributed by atoms with Gasteiger partial charge in [0.05, 0.1) is 19.8 Å². The van der Waals surface area contributed by atoms with Crippen molar-refractivity contribution in [1.82, 2.24) is 10.2 Å². The first-order valence-corrected chi connectivity index (χ1v) is 9.93. The third kappa shape index (κ3) is 5.53. The van der Waals surface area contributed by atoms with Gasteiger partial charge in [-0.2, -0.15) is 0 Å². The molecule has 0 radical (unpaired) electrons. The highest BCUT2D eigenvalue weighted by Gasteiger charge is 2.30. The Morgan fingerprint density at radius 3 is 2.42 bits per heavy atom. The van der Waals surface area contributed by atoms with Crippen LogP contribution in [0.1, 0.15) is 43.7 Å². The lowest BCUT2D eigenvalue weighted by Crippen LogP contribution is -2.43. The van der Waals surface area contributed by atoms with E-state index in [0.29, 0.717) is 38.1 Å². The Bertz CT molecular complexity index is 559. The lowest BCUT2D eigenvalue weighted by atomic mass is 9.96. The van der Waals surface area contributed by atoms with E-state index < -0.39 is 0 Å². The van der Waals surface area contributed by atoms with Crippen LogP contribution < -0.4 is 5.32 Å². The van der Waals surface area contributed by atoms with Crippen molar-refractivity contribution in [3.05, 3.63) is 35.4 Å². The first-order valence-electron chi connectivity index (χ1n) is 9.93. The Balaban J connectivity index is 1.32. The molecule has 1 N–H and O–H groups in total. The molecular formula is C21H32N2O3. The van der Waals surface area contributed by atoms with Gasteiger partial charge in [-0.15, -0.1) is 0 Å². The molecule has 1 amide bonds. The number of piperidine rings is 1. The molecule has 1 aromatic rings. The summed E-state index contributed by atoms with van der Waals surface area (Å²) in [6, 6.07) is 8.70. The van der Waals surface area contributed by atoms with E-state index in [-0.39, 0.29) is 12.2 Å². The van der Waals surface area contributed by atoms with Crippen LogP contribution in [0.2, 0.25) is 0 Å². The lowest BCUT2D eigenvalue weighted by Gasteiger charge is -2.33. The second kappa shape index (κ2) is 9.49. The van der Waals surface area contributed by atoms with Crippen LogP contribution in [0.3, 0.4) is 0 Å². The predicted molar refractivity (Wildman–Crippen MR) is 102 cm³/mol. The number of benzene rings is 1. The number of carbonyl (C=O) groups is 1. The Morgan fingerprint density at radius 2 is 1.81 bits per heavy atom. The van der Waals surface area contributed by atoms with Crippen LogP contribution in [-0.2, 0) is 20.7 Å². The van der Waals surface area contributed by atoms with E-state index in [9.17, 15) is 4.79 Å². The van der Waals surface area contributed by atoms with Gasteiger partial charge in [0.15, 0.2) is 6.29 Å². The van der Waals surface area contributed by atoms with Crippen LogP contribution in [0.15, 0.2) is 24.3 Å².